The van der Waals surface area contributed by atoms with Gasteiger partial charge in [0.15, 0.2) is 0 Å². The SMILES string of the molecule is O=c1cc2ccc3c(cc-2[nH]1)C1CNCC3C1. The van der Waals surface area contributed by atoms with Gasteiger partial charge in [-0.2, -0.15) is 0 Å². The molecule has 17 heavy (non-hydrogen) atoms. The lowest BCUT2D eigenvalue weighted by Gasteiger charge is -2.20. The van der Waals surface area contributed by atoms with Crippen LogP contribution in [0.1, 0.15) is 29.4 Å². The van der Waals surface area contributed by atoms with Crippen LogP contribution in [0.2, 0.25) is 0 Å². The molecule has 2 aliphatic carbocycles. The van der Waals surface area contributed by atoms with Crippen molar-refractivity contribution in [3.8, 4) is 11.3 Å². The Hall–Kier alpha value is -1.61. The molecule has 0 spiro atoms. The molecule has 0 aromatic heterocycles. The number of nitrogens with one attached hydrogen (secondary N) is 2. The number of fused-ring (bicyclic) bond motifs is 6. The third kappa shape index (κ3) is 1.29. The third-order valence-corrected chi connectivity index (χ3v) is 4.16. The second-order valence-electron chi connectivity index (χ2n) is 5.18. The predicted molar refractivity (Wildman–Crippen MR) is 66.7 cm³/mol. The van der Waals surface area contributed by atoms with Crippen LogP contribution in [-0.4, -0.2) is 18.1 Å². The molecule has 2 atom stereocenters. The van der Waals surface area contributed by atoms with Gasteiger partial charge in [-0.05, 0) is 35.4 Å². The van der Waals surface area contributed by atoms with Crippen LogP contribution in [0, 0.1) is 0 Å². The fourth-order valence-electron chi connectivity index (χ4n) is 3.37. The van der Waals surface area contributed by atoms with E-state index in [1.807, 2.05) is 0 Å². The van der Waals surface area contributed by atoms with Crippen LogP contribution in [0.15, 0.2) is 29.1 Å². The Morgan fingerprint density at radius 1 is 1.06 bits per heavy atom. The molecule has 3 heteroatoms. The Morgan fingerprint density at radius 3 is 2.76 bits per heavy atom. The molecule has 1 fully saturated rings. The average molecular weight is 226 g/mol. The highest BCUT2D eigenvalue weighted by Crippen LogP contribution is 2.44. The van der Waals surface area contributed by atoms with Gasteiger partial charge in [0.25, 0.3) is 0 Å². The molecule has 4 aliphatic rings. The standard InChI is InChI=1S/C14H14N2O/c17-14-4-8-1-2-11-9-3-10(7-15-6-9)12(11)5-13(8)16-14/h1-2,4-5,9-10,15H,3,6-7H2,(H,16,17). The van der Waals surface area contributed by atoms with Gasteiger partial charge in [-0.3, -0.25) is 4.79 Å². The summed E-state index contributed by atoms with van der Waals surface area (Å²) < 4.78 is 0. The van der Waals surface area contributed by atoms with Gasteiger partial charge in [-0.1, -0.05) is 12.1 Å². The van der Waals surface area contributed by atoms with Gasteiger partial charge in [0.2, 0.25) is 5.56 Å². The summed E-state index contributed by atoms with van der Waals surface area (Å²) in [4.78, 5) is 14.3. The molecule has 2 aliphatic heterocycles. The lowest BCUT2D eigenvalue weighted by Crippen LogP contribution is -2.28. The number of piperidine rings is 1. The maximum absolute atomic E-state index is 11.4. The van der Waals surface area contributed by atoms with Crippen molar-refractivity contribution in [2.45, 2.75) is 18.3 Å². The summed E-state index contributed by atoms with van der Waals surface area (Å²) in [6.07, 6.45) is 1.26. The molecule has 0 amide bonds. The Bertz CT molecular complexity index is 616. The zero-order valence-corrected chi connectivity index (χ0v) is 9.49. The van der Waals surface area contributed by atoms with Crippen molar-refractivity contribution in [1.29, 1.82) is 0 Å². The molecule has 0 saturated carbocycles. The molecule has 4 rings (SSSR count). The lowest BCUT2D eigenvalue weighted by atomic mass is 9.97. The van der Waals surface area contributed by atoms with Crippen LogP contribution in [0.4, 0.5) is 0 Å². The Balaban J connectivity index is 2.01. The molecule has 0 radical (unpaired) electrons. The summed E-state index contributed by atoms with van der Waals surface area (Å²) in [6, 6.07) is 8.15. The number of rotatable bonds is 0. The fourth-order valence-corrected chi connectivity index (χ4v) is 3.37. The third-order valence-electron chi connectivity index (χ3n) is 4.16. The van der Waals surface area contributed by atoms with Gasteiger partial charge in [0.1, 0.15) is 0 Å². The summed E-state index contributed by atoms with van der Waals surface area (Å²) in [5.41, 5.74) is 4.90. The number of aromatic nitrogens is 1. The molecule has 86 valence electrons. The first-order valence-electron chi connectivity index (χ1n) is 6.19. The fraction of sp³-hybridized carbons (Fsp3) is 0.357. The van der Waals surface area contributed by atoms with E-state index in [2.05, 4.69) is 28.5 Å². The first-order valence-corrected chi connectivity index (χ1v) is 6.19. The van der Waals surface area contributed by atoms with Crippen molar-refractivity contribution in [2.24, 2.45) is 0 Å². The number of aromatic amines is 1. The summed E-state index contributed by atoms with van der Waals surface area (Å²) in [6.45, 7) is 2.16. The lowest BCUT2D eigenvalue weighted by molar-refractivity contribution is 0.453. The molecule has 0 aromatic rings. The second-order valence-corrected chi connectivity index (χ2v) is 5.18. The van der Waals surface area contributed by atoms with Crippen molar-refractivity contribution in [3.63, 3.8) is 0 Å². The molecule has 2 unspecified atom stereocenters. The maximum atomic E-state index is 11.4. The van der Waals surface area contributed by atoms with Gasteiger partial charge >= 0.3 is 0 Å². The second kappa shape index (κ2) is 3.20. The summed E-state index contributed by atoms with van der Waals surface area (Å²) in [5, 5.41) is 3.49. The van der Waals surface area contributed by atoms with E-state index in [0.717, 1.165) is 24.3 Å². The number of H-pyrrole nitrogens is 1. The van der Waals surface area contributed by atoms with Crippen molar-refractivity contribution in [2.75, 3.05) is 13.1 Å². The first kappa shape index (κ1) is 9.42. The van der Waals surface area contributed by atoms with Gasteiger partial charge in [0, 0.05) is 30.4 Å². The summed E-state index contributed by atoms with van der Waals surface area (Å²) in [5.74, 6) is 1.28. The molecular formula is C14H14N2O. The van der Waals surface area contributed by atoms with Crippen molar-refractivity contribution < 1.29 is 0 Å². The topological polar surface area (TPSA) is 44.9 Å². The van der Waals surface area contributed by atoms with E-state index in [1.165, 1.54) is 17.5 Å². The summed E-state index contributed by atoms with van der Waals surface area (Å²) in [7, 11) is 0. The molecule has 0 aromatic carbocycles. The molecule has 2 heterocycles. The van der Waals surface area contributed by atoms with Crippen molar-refractivity contribution >= 4 is 0 Å². The van der Waals surface area contributed by atoms with E-state index in [-0.39, 0.29) is 5.56 Å². The van der Waals surface area contributed by atoms with Crippen LogP contribution >= 0.6 is 0 Å². The number of hydrogen-bond donors (Lipinski definition) is 2. The minimum absolute atomic E-state index is 0.000885. The van der Waals surface area contributed by atoms with E-state index in [9.17, 15) is 4.79 Å². The van der Waals surface area contributed by atoms with Gasteiger partial charge in [-0.15, -0.1) is 0 Å². The quantitative estimate of drug-likeness (QED) is 0.717. The Morgan fingerprint density at radius 2 is 1.88 bits per heavy atom. The van der Waals surface area contributed by atoms with E-state index >= 15 is 0 Å². The molecular weight excluding hydrogens is 212 g/mol. The number of hydrogen-bond acceptors (Lipinski definition) is 2. The zero-order chi connectivity index (χ0) is 11.4. The monoisotopic (exact) mass is 226 g/mol. The molecule has 2 bridgehead atoms. The van der Waals surface area contributed by atoms with Crippen LogP contribution in [-0.2, 0) is 0 Å². The highest BCUT2D eigenvalue weighted by molar-refractivity contribution is 5.63. The minimum atomic E-state index is -0.000885. The largest absolute Gasteiger partial charge is 0.322 e. The average Bonchev–Trinajstić information content (AvgIpc) is 2.71. The van der Waals surface area contributed by atoms with Crippen LogP contribution in [0.25, 0.3) is 11.3 Å². The van der Waals surface area contributed by atoms with Crippen LogP contribution < -0.4 is 10.9 Å². The normalized spacial score (nSPS) is 26.1. The highest BCUT2D eigenvalue weighted by Gasteiger charge is 2.33. The predicted octanol–water partition coefficient (Wildman–Crippen LogP) is 1.65. The smallest absolute Gasteiger partial charge is 0.249 e. The van der Waals surface area contributed by atoms with Crippen LogP contribution in [0.5, 0.6) is 0 Å². The Kier molecular flexibility index (Phi) is 1.77. The first-order chi connectivity index (χ1) is 8.31. The van der Waals surface area contributed by atoms with Crippen LogP contribution in [0.3, 0.4) is 0 Å². The highest BCUT2D eigenvalue weighted by atomic mass is 16.1. The van der Waals surface area contributed by atoms with E-state index in [0.29, 0.717) is 11.8 Å². The minimum Gasteiger partial charge on any atom is -0.322 e. The van der Waals surface area contributed by atoms with Crippen molar-refractivity contribution in [1.82, 2.24) is 10.3 Å². The molecule has 1 saturated heterocycles. The summed E-state index contributed by atoms with van der Waals surface area (Å²) >= 11 is 0. The van der Waals surface area contributed by atoms with Gasteiger partial charge in [0.05, 0.1) is 0 Å². The molecule has 3 nitrogen and oxygen atoms in total. The zero-order valence-electron chi connectivity index (χ0n) is 9.49. The van der Waals surface area contributed by atoms with Crippen molar-refractivity contribution in [3.05, 3.63) is 45.7 Å². The molecule has 2 N–H and O–H groups in total. The van der Waals surface area contributed by atoms with Gasteiger partial charge < -0.3 is 10.3 Å². The van der Waals surface area contributed by atoms with E-state index in [4.69, 9.17) is 0 Å². The van der Waals surface area contributed by atoms with E-state index in [1.54, 1.807) is 6.07 Å². The maximum Gasteiger partial charge on any atom is 0.249 e. The van der Waals surface area contributed by atoms with Gasteiger partial charge in [-0.25, -0.2) is 0 Å². The van der Waals surface area contributed by atoms with E-state index < -0.39 is 0 Å². The Labute approximate surface area is 99.2 Å².